The summed E-state index contributed by atoms with van der Waals surface area (Å²) in [5.74, 6) is -0.770. The lowest BCUT2D eigenvalue weighted by molar-refractivity contribution is 0.555. The van der Waals surface area contributed by atoms with Crippen molar-refractivity contribution in [1.29, 1.82) is 0 Å². The van der Waals surface area contributed by atoms with E-state index in [1.807, 2.05) is 24.3 Å². The van der Waals surface area contributed by atoms with Crippen molar-refractivity contribution in [3.05, 3.63) is 95.3 Å². The summed E-state index contributed by atoms with van der Waals surface area (Å²) < 4.78 is 32.6. The minimum Gasteiger partial charge on any atom is -0.445 e. The minimum atomic E-state index is -0.639. The van der Waals surface area contributed by atoms with Gasteiger partial charge in [-0.1, -0.05) is 29.8 Å². The predicted octanol–water partition coefficient (Wildman–Crippen LogP) is 7.22. The lowest BCUT2D eigenvalue weighted by Crippen LogP contribution is -1.92. The second-order valence-corrected chi connectivity index (χ2v) is 6.59. The largest absolute Gasteiger partial charge is 0.445 e. The molecule has 4 nitrogen and oxygen atoms in total. The molecule has 1 heterocycles. The van der Waals surface area contributed by atoms with Crippen LogP contribution in [0.15, 0.2) is 87.8 Å². The first-order valence-electron chi connectivity index (χ1n) is 8.72. The van der Waals surface area contributed by atoms with Gasteiger partial charge in [0.25, 0.3) is 0 Å². The van der Waals surface area contributed by atoms with E-state index >= 15 is 0 Å². The van der Waals surface area contributed by atoms with Crippen LogP contribution in [0.25, 0.3) is 22.6 Å². The van der Waals surface area contributed by atoms with Crippen LogP contribution in [0.2, 0.25) is 5.02 Å². The normalized spacial score (nSPS) is 11.3. The summed E-state index contributed by atoms with van der Waals surface area (Å²) in [6.07, 6.45) is 3.09. The van der Waals surface area contributed by atoms with Gasteiger partial charge in [-0.05, 0) is 48.0 Å². The number of hydrogen-bond acceptors (Lipinski definition) is 4. The first-order chi connectivity index (χ1) is 14.1. The highest BCUT2D eigenvalue weighted by Gasteiger charge is 2.09. The third-order valence-corrected chi connectivity index (χ3v) is 4.63. The first-order valence-corrected chi connectivity index (χ1v) is 9.10. The van der Waals surface area contributed by atoms with Gasteiger partial charge in [0.15, 0.2) is 0 Å². The molecule has 0 radical (unpaired) electrons. The number of oxazole rings is 1. The Balaban J connectivity index is 1.53. The van der Waals surface area contributed by atoms with E-state index in [2.05, 4.69) is 15.2 Å². The average Bonchev–Trinajstić information content (AvgIpc) is 3.26. The highest BCUT2D eigenvalue weighted by Crippen LogP contribution is 2.33. The molecule has 0 bridgehead atoms. The molecule has 0 fully saturated rings. The summed E-state index contributed by atoms with van der Waals surface area (Å²) in [5.41, 5.74) is 2.96. The van der Waals surface area contributed by atoms with Gasteiger partial charge in [0.1, 0.15) is 17.9 Å². The monoisotopic (exact) mass is 409 g/mol. The highest BCUT2D eigenvalue weighted by atomic mass is 35.5. The number of azo groups is 1. The van der Waals surface area contributed by atoms with Crippen LogP contribution in [0.3, 0.4) is 0 Å². The van der Waals surface area contributed by atoms with E-state index in [9.17, 15) is 8.78 Å². The molecule has 0 spiro atoms. The Labute approximate surface area is 170 Å². The van der Waals surface area contributed by atoms with Gasteiger partial charge in [0.05, 0.1) is 18.4 Å². The van der Waals surface area contributed by atoms with E-state index in [-0.39, 0.29) is 12.1 Å². The molecule has 0 aliphatic rings. The third kappa shape index (κ3) is 4.22. The molecule has 0 saturated heterocycles. The van der Waals surface area contributed by atoms with E-state index in [4.69, 9.17) is 16.0 Å². The van der Waals surface area contributed by atoms with Crippen molar-refractivity contribution in [2.45, 2.75) is 6.54 Å². The number of benzene rings is 3. The molecular formula is C22H14ClF2N3O. The Morgan fingerprint density at radius 1 is 0.931 bits per heavy atom. The van der Waals surface area contributed by atoms with Gasteiger partial charge >= 0.3 is 0 Å². The number of rotatable bonds is 5. The van der Waals surface area contributed by atoms with Crippen LogP contribution in [0, 0.1) is 11.6 Å². The topological polar surface area (TPSA) is 50.8 Å². The van der Waals surface area contributed by atoms with Crippen LogP contribution in [-0.2, 0) is 6.54 Å². The van der Waals surface area contributed by atoms with Gasteiger partial charge in [0.2, 0.25) is 5.89 Å². The Morgan fingerprint density at radius 2 is 1.66 bits per heavy atom. The molecule has 0 saturated carbocycles. The highest BCUT2D eigenvalue weighted by molar-refractivity contribution is 6.33. The molecule has 4 aromatic rings. The third-order valence-electron chi connectivity index (χ3n) is 4.30. The second kappa shape index (κ2) is 8.32. The second-order valence-electron chi connectivity index (χ2n) is 6.18. The summed E-state index contributed by atoms with van der Waals surface area (Å²) >= 11 is 6.35. The van der Waals surface area contributed by atoms with E-state index in [1.54, 1.807) is 24.4 Å². The van der Waals surface area contributed by atoms with Crippen LogP contribution in [0.1, 0.15) is 5.56 Å². The van der Waals surface area contributed by atoms with E-state index in [0.717, 1.165) is 16.7 Å². The van der Waals surface area contributed by atoms with Crippen LogP contribution < -0.4 is 0 Å². The van der Waals surface area contributed by atoms with Gasteiger partial charge in [-0.25, -0.2) is 13.8 Å². The smallest absolute Gasteiger partial charge is 0.225 e. The quantitative estimate of drug-likeness (QED) is 0.326. The fourth-order valence-electron chi connectivity index (χ4n) is 2.82. The lowest BCUT2D eigenvalue weighted by atomic mass is 10.0. The standard InChI is InChI=1S/C22H14ClF2N3O/c23-19-9-6-15(22-26-10-11-29-22)12-17(19)14-4-7-16(8-5-14)28-27-13-18-20(24)2-1-3-21(18)25/h1-12H,13H2. The van der Waals surface area contributed by atoms with Gasteiger partial charge in [-0.2, -0.15) is 10.2 Å². The molecular weight excluding hydrogens is 396 g/mol. The molecule has 1 aromatic heterocycles. The molecule has 7 heteroatoms. The average molecular weight is 410 g/mol. The maximum atomic E-state index is 13.6. The number of hydrogen-bond donors (Lipinski definition) is 0. The molecule has 144 valence electrons. The van der Waals surface area contributed by atoms with Crippen LogP contribution in [0.4, 0.5) is 14.5 Å². The number of nitrogens with zero attached hydrogens (tertiary/aromatic N) is 3. The van der Waals surface area contributed by atoms with E-state index in [0.29, 0.717) is 16.6 Å². The summed E-state index contributed by atoms with van der Waals surface area (Å²) in [5, 5.41) is 8.52. The van der Waals surface area contributed by atoms with Crippen molar-refractivity contribution >= 4 is 17.3 Å². The fraction of sp³-hybridized carbons (Fsp3) is 0.0455. The van der Waals surface area contributed by atoms with E-state index in [1.165, 1.54) is 24.5 Å². The summed E-state index contributed by atoms with van der Waals surface area (Å²) in [4.78, 5) is 4.15. The van der Waals surface area contributed by atoms with Gasteiger partial charge in [-0.15, -0.1) is 0 Å². The van der Waals surface area contributed by atoms with Crippen molar-refractivity contribution in [2.75, 3.05) is 0 Å². The Hall–Kier alpha value is -3.38. The maximum Gasteiger partial charge on any atom is 0.225 e. The SMILES string of the molecule is Fc1cccc(F)c1CN=Nc1ccc(-c2cc(-c3ncco3)ccc2Cl)cc1. The molecule has 0 unspecified atom stereocenters. The van der Waals surface area contributed by atoms with E-state index < -0.39 is 11.6 Å². The zero-order valence-corrected chi connectivity index (χ0v) is 15.8. The summed E-state index contributed by atoms with van der Waals surface area (Å²) in [6, 6.07) is 16.4. The Bertz CT molecular complexity index is 1140. The lowest BCUT2D eigenvalue weighted by Gasteiger charge is -2.07. The fourth-order valence-corrected chi connectivity index (χ4v) is 3.05. The van der Waals surface area contributed by atoms with Crippen molar-refractivity contribution < 1.29 is 13.2 Å². The predicted molar refractivity (Wildman–Crippen MR) is 107 cm³/mol. The zero-order chi connectivity index (χ0) is 20.2. The first kappa shape index (κ1) is 19.0. The zero-order valence-electron chi connectivity index (χ0n) is 15.0. The molecule has 0 amide bonds. The van der Waals surface area contributed by atoms with Crippen LogP contribution in [0.5, 0.6) is 0 Å². The van der Waals surface area contributed by atoms with Crippen molar-refractivity contribution in [3.8, 4) is 22.6 Å². The molecule has 29 heavy (non-hydrogen) atoms. The maximum absolute atomic E-state index is 13.6. The Morgan fingerprint density at radius 3 is 2.34 bits per heavy atom. The summed E-state index contributed by atoms with van der Waals surface area (Å²) in [6.45, 7) is -0.176. The summed E-state index contributed by atoms with van der Waals surface area (Å²) in [7, 11) is 0. The van der Waals surface area contributed by atoms with Crippen molar-refractivity contribution in [2.24, 2.45) is 10.2 Å². The van der Waals surface area contributed by atoms with Gasteiger partial charge in [-0.3, -0.25) is 0 Å². The molecule has 0 atom stereocenters. The number of halogens is 3. The van der Waals surface area contributed by atoms with Crippen LogP contribution >= 0.6 is 11.6 Å². The van der Waals surface area contributed by atoms with Crippen molar-refractivity contribution in [3.63, 3.8) is 0 Å². The molecule has 0 aliphatic carbocycles. The van der Waals surface area contributed by atoms with Gasteiger partial charge in [0, 0.05) is 21.7 Å². The number of aromatic nitrogens is 1. The van der Waals surface area contributed by atoms with Crippen LogP contribution in [-0.4, -0.2) is 4.98 Å². The van der Waals surface area contributed by atoms with Crippen molar-refractivity contribution in [1.82, 2.24) is 4.98 Å². The molecule has 0 aliphatic heterocycles. The molecule has 4 rings (SSSR count). The van der Waals surface area contributed by atoms with Gasteiger partial charge < -0.3 is 4.42 Å². The molecule has 0 N–H and O–H groups in total. The minimum absolute atomic E-state index is 0.108. The molecule has 3 aromatic carbocycles. The Kier molecular flexibility index (Phi) is 5.44.